The SMILES string of the molecule is Cc1ccc(S(N)(=O)=O)cc1NC(=O)c1ccc([N+](=O)[O-])cc1Cl. The van der Waals surface area contributed by atoms with Gasteiger partial charge in [-0.15, -0.1) is 0 Å². The van der Waals surface area contributed by atoms with Crippen LogP contribution in [0.3, 0.4) is 0 Å². The monoisotopic (exact) mass is 369 g/mol. The number of nitro groups is 1. The van der Waals surface area contributed by atoms with Gasteiger partial charge in [0.25, 0.3) is 11.6 Å². The highest BCUT2D eigenvalue weighted by atomic mass is 35.5. The number of amides is 1. The zero-order valence-electron chi connectivity index (χ0n) is 12.3. The van der Waals surface area contributed by atoms with Crippen LogP contribution in [-0.4, -0.2) is 19.2 Å². The number of nitrogens with two attached hydrogens (primary N) is 1. The molecule has 0 atom stereocenters. The van der Waals surface area contributed by atoms with Gasteiger partial charge in [-0.1, -0.05) is 17.7 Å². The van der Waals surface area contributed by atoms with Crippen LogP contribution in [0.25, 0.3) is 0 Å². The lowest BCUT2D eigenvalue weighted by Gasteiger charge is -2.11. The molecule has 10 heteroatoms. The average Bonchev–Trinajstić information content (AvgIpc) is 2.47. The minimum Gasteiger partial charge on any atom is -0.322 e. The number of rotatable bonds is 4. The smallest absolute Gasteiger partial charge is 0.270 e. The predicted octanol–water partition coefficient (Wildman–Crippen LogP) is 2.46. The maximum Gasteiger partial charge on any atom is 0.270 e. The fraction of sp³-hybridized carbons (Fsp3) is 0.0714. The first-order valence-electron chi connectivity index (χ1n) is 6.48. The number of benzene rings is 2. The van der Waals surface area contributed by atoms with E-state index in [0.29, 0.717) is 5.56 Å². The summed E-state index contributed by atoms with van der Waals surface area (Å²) in [5.74, 6) is -0.635. The van der Waals surface area contributed by atoms with Crippen molar-refractivity contribution in [3.63, 3.8) is 0 Å². The zero-order chi connectivity index (χ0) is 18.1. The number of aryl methyl sites for hydroxylation is 1. The molecule has 0 fully saturated rings. The normalized spacial score (nSPS) is 11.1. The van der Waals surface area contributed by atoms with Gasteiger partial charge in [-0.2, -0.15) is 0 Å². The highest BCUT2D eigenvalue weighted by Gasteiger charge is 2.17. The predicted molar refractivity (Wildman–Crippen MR) is 88.6 cm³/mol. The summed E-state index contributed by atoms with van der Waals surface area (Å²) in [5.41, 5.74) is 0.612. The fourth-order valence-corrected chi connectivity index (χ4v) is 2.70. The van der Waals surface area contributed by atoms with Crippen LogP contribution in [-0.2, 0) is 10.0 Å². The van der Waals surface area contributed by atoms with Crippen molar-refractivity contribution in [2.75, 3.05) is 5.32 Å². The lowest BCUT2D eigenvalue weighted by molar-refractivity contribution is -0.384. The van der Waals surface area contributed by atoms with E-state index in [4.69, 9.17) is 16.7 Å². The molecule has 24 heavy (non-hydrogen) atoms. The molecular weight excluding hydrogens is 358 g/mol. The molecule has 126 valence electrons. The third-order valence-corrected chi connectivity index (χ3v) is 4.42. The molecule has 0 aliphatic carbocycles. The summed E-state index contributed by atoms with van der Waals surface area (Å²) in [5, 5.41) is 18.2. The number of nitro benzene ring substituents is 1. The third kappa shape index (κ3) is 3.88. The zero-order valence-corrected chi connectivity index (χ0v) is 13.9. The van der Waals surface area contributed by atoms with Gasteiger partial charge in [0.2, 0.25) is 10.0 Å². The van der Waals surface area contributed by atoms with Crippen LogP contribution in [0.4, 0.5) is 11.4 Å². The first kappa shape index (κ1) is 17.9. The molecule has 0 bridgehead atoms. The van der Waals surface area contributed by atoms with E-state index in [0.717, 1.165) is 12.1 Å². The third-order valence-electron chi connectivity index (χ3n) is 3.19. The minimum atomic E-state index is -3.92. The van der Waals surface area contributed by atoms with Gasteiger partial charge in [-0.3, -0.25) is 14.9 Å². The molecule has 0 saturated heterocycles. The summed E-state index contributed by atoms with van der Waals surface area (Å²) >= 11 is 5.90. The molecule has 1 amide bonds. The molecule has 0 heterocycles. The second-order valence-electron chi connectivity index (χ2n) is 4.90. The van der Waals surface area contributed by atoms with Gasteiger partial charge in [-0.05, 0) is 30.7 Å². The molecule has 0 aliphatic rings. The average molecular weight is 370 g/mol. The van der Waals surface area contributed by atoms with E-state index in [2.05, 4.69) is 5.32 Å². The maximum absolute atomic E-state index is 12.3. The van der Waals surface area contributed by atoms with Crippen LogP contribution in [0.1, 0.15) is 15.9 Å². The van der Waals surface area contributed by atoms with Gasteiger partial charge in [0.1, 0.15) is 0 Å². The van der Waals surface area contributed by atoms with Crippen molar-refractivity contribution >= 4 is 38.9 Å². The summed E-state index contributed by atoms with van der Waals surface area (Å²) in [6.07, 6.45) is 0. The molecule has 0 aliphatic heterocycles. The highest BCUT2D eigenvalue weighted by molar-refractivity contribution is 7.89. The molecule has 0 radical (unpaired) electrons. The van der Waals surface area contributed by atoms with Crippen molar-refractivity contribution in [3.8, 4) is 0 Å². The molecule has 8 nitrogen and oxygen atoms in total. The molecule has 3 N–H and O–H groups in total. The lowest BCUT2D eigenvalue weighted by atomic mass is 10.1. The summed E-state index contributed by atoms with van der Waals surface area (Å²) in [6.45, 7) is 1.67. The number of nitrogens with one attached hydrogen (secondary N) is 1. The number of halogens is 1. The Hall–Kier alpha value is -2.49. The van der Waals surface area contributed by atoms with Crippen LogP contribution in [0.2, 0.25) is 5.02 Å². The van der Waals surface area contributed by atoms with E-state index in [-0.39, 0.29) is 26.9 Å². The summed E-state index contributed by atoms with van der Waals surface area (Å²) in [6, 6.07) is 7.46. The molecule has 2 aromatic rings. The second-order valence-corrected chi connectivity index (χ2v) is 6.87. The molecule has 0 aromatic heterocycles. The summed E-state index contributed by atoms with van der Waals surface area (Å²) in [4.78, 5) is 22.2. The first-order valence-corrected chi connectivity index (χ1v) is 8.41. The van der Waals surface area contributed by atoms with Crippen molar-refractivity contribution in [2.45, 2.75) is 11.8 Å². The van der Waals surface area contributed by atoms with E-state index >= 15 is 0 Å². The van der Waals surface area contributed by atoms with Crippen LogP contribution in [0.15, 0.2) is 41.3 Å². The Bertz CT molecular complexity index is 943. The number of hydrogen-bond acceptors (Lipinski definition) is 5. The van der Waals surface area contributed by atoms with E-state index < -0.39 is 20.9 Å². The van der Waals surface area contributed by atoms with Crippen LogP contribution in [0, 0.1) is 17.0 Å². The number of anilines is 1. The standard InChI is InChI=1S/C14H12ClN3O5S/c1-8-2-4-10(24(16,22)23)7-13(8)17-14(19)11-5-3-9(18(20)21)6-12(11)15/h2-7H,1H3,(H,17,19)(H2,16,22,23). The largest absolute Gasteiger partial charge is 0.322 e. The van der Waals surface area contributed by atoms with Gasteiger partial charge in [0.15, 0.2) is 0 Å². The number of carbonyl (C=O) groups excluding carboxylic acids is 1. The van der Waals surface area contributed by atoms with E-state index in [1.165, 1.54) is 24.3 Å². The Balaban J connectivity index is 2.35. The van der Waals surface area contributed by atoms with Crippen molar-refractivity contribution in [2.24, 2.45) is 5.14 Å². The lowest BCUT2D eigenvalue weighted by Crippen LogP contribution is -2.16. The quantitative estimate of drug-likeness (QED) is 0.630. The van der Waals surface area contributed by atoms with Crippen molar-refractivity contribution in [1.82, 2.24) is 0 Å². The molecule has 2 rings (SSSR count). The summed E-state index contributed by atoms with van der Waals surface area (Å²) in [7, 11) is -3.92. The molecule has 2 aromatic carbocycles. The number of nitrogens with zero attached hydrogens (tertiary/aromatic N) is 1. The number of primary sulfonamides is 1. The van der Waals surface area contributed by atoms with E-state index in [1.54, 1.807) is 6.92 Å². The Morgan fingerprint density at radius 2 is 1.92 bits per heavy atom. The van der Waals surface area contributed by atoms with E-state index in [1.807, 2.05) is 0 Å². The van der Waals surface area contributed by atoms with Crippen molar-refractivity contribution < 1.29 is 18.1 Å². The topological polar surface area (TPSA) is 132 Å². The van der Waals surface area contributed by atoms with Crippen LogP contribution >= 0.6 is 11.6 Å². The second kappa shape index (κ2) is 6.56. The molecule has 0 spiro atoms. The number of carbonyl (C=O) groups is 1. The van der Waals surface area contributed by atoms with Gasteiger partial charge >= 0.3 is 0 Å². The van der Waals surface area contributed by atoms with Crippen molar-refractivity contribution in [3.05, 3.63) is 62.7 Å². The highest BCUT2D eigenvalue weighted by Crippen LogP contribution is 2.25. The van der Waals surface area contributed by atoms with E-state index in [9.17, 15) is 23.3 Å². The van der Waals surface area contributed by atoms with Gasteiger partial charge < -0.3 is 5.32 Å². The maximum atomic E-state index is 12.3. The Morgan fingerprint density at radius 3 is 2.46 bits per heavy atom. The van der Waals surface area contributed by atoms with Gasteiger partial charge in [-0.25, -0.2) is 13.6 Å². The molecule has 0 saturated carbocycles. The summed E-state index contributed by atoms with van der Waals surface area (Å²) < 4.78 is 22.8. The van der Waals surface area contributed by atoms with Crippen LogP contribution < -0.4 is 10.5 Å². The van der Waals surface area contributed by atoms with Gasteiger partial charge in [0, 0.05) is 17.8 Å². The Kier molecular flexibility index (Phi) is 4.88. The number of hydrogen-bond donors (Lipinski definition) is 2. The fourth-order valence-electron chi connectivity index (χ4n) is 1.90. The Morgan fingerprint density at radius 1 is 1.25 bits per heavy atom. The number of sulfonamides is 1. The minimum absolute atomic E-state index is 0.0164. The molecular formula is C14H12ClN3O5S. The van der Waals surface area contributed by atoms with Crippen molar-refractivity contribution in [1.29, 1.82) is 0 Å². The van der Waals surface area contributed by atoms with Gasteiger partial charge in [0.05, 0.1) is 20.4 Å². The van der Waals surface area contributed by atoms with Crippen LogP contribution in [0.5, 0.6) is 0 Å². The first-order chi connectivity index (χ1) is 11.1. The Labute approximate surface area is 142 Å². The number of non-ortho nitro benzene ring substituents is 1. The molecule has 0 unspecified atom stereocenters.